The summed E-state index contributed by atoms with van der Waals surface area (Å²) < 4.78 is 1.08. The highest BCUT2D eigenvalue weighted by Gasteiger charge is 2.10. The molecule has 0 aromatic heterocycles. The Labute approximate surface area is 100 Å². The van der Waals surface area contributed by atoms with Crippen molar-refractivity contribution >= 4 is 21.7 Å². The van der Waals surface area contributed by atoms with Gasteiger partial charge in [0.2, 0.25) is 0 Å². The molecule has 1 aromatic rings. The van der Waals surface area contributed by atoms with E-state index in [2.05, 4.69) is 22.9 Å². The summed E-state index contributed by atoms with van der Waals surface area (Å²) in [4.78, 5) is 11.9. The molecule has 82 valence electrons. The number of benzene rings is 1. The van der Waals surface area contributed by atoms with E-state index in [1.54, 1.807) is 0 Å². The van der Waals surface area contributed by atoms with Crippen LogP contribution in [0.15, 0.2) is 16.6 Å². The molecule has 0 radical (unpaired) electrons. The van der Waals surface area contributed by atoms with Gasteiger partial charge in [0.1, 0.15) is 0 Å². The first-order valence-electron chi connectivity index (χ1n) is 5.36. The number of aryl methyl sites for hydroxylation is 2. The van der Waals surface area contributed by atoms with Gasteiger partial charge >= 0.3 is 0 Å². The van der Waals surface area contributed by atoms with Crippen molar-refractivity contribution in [1.82, 2.24) is 0 Å². The average molecular weight is 269 g/mol. The van der Waals surface area contributed by atoms with Gasteiger partial charge in [0.25, 0.3) is 0 Å². The monoisotopic (exact) mass is 268 g/mol. The van der Waals surface area contributed by atoms with E-state index in [4.69, 9.17) is 0 Å². The summed E-state index contributed by atoms with van der Waals surface area (Å²) in [6, 6.07) is 4.01. The summed E-state index contributed by atoms with van der Waals surface area (Å²) in [6.07, 6.45) is 2.71. The number of rotatable bonds is 4. The van der Waals surface area contributed by atoms with Crippen molar-refractivity contribution in [3.8, 4) is 0 Å². The molecule has 0 saturated heterocycles. The number of unbranched alkanes of at least 4 members (excludes halogenated alkanes) is 1. The molecule has 0 bridgehead atoms. The molecule has 0 aliphatic carbocycles. The summed E-state index contributed by atoms with van der Waals surface area (Å²) in [7, 11) is 0. The van der Waals surface area contributed by atoms with Gasteiger partial charge in [-0.1, -0.05) is 29.3 Å². The largest absolute Gasteiger partial charge is 0.294 e. The van der Waals surface area contributed by atoms with Gasteiger partial charge in [-0.25, -0.2) is 0 Å². The number of halogens is 1. The minimum Gasteiger partial charge on any atom is -0.294 e. The third-order valence-electron chi connectivity index (χ3n) is 2.56. The van der Waals surface area contributed by atoms with Crippen molar-refractivity contribution in [3.63, 3.8) is 0 Å². The predicted octanol–water partition coefficient (Wildman–Crippen LogP) is 4.44. The first-order chi connectivity index (χ1) is 7.06. The molecule has 1 nitrogen and oxygen atoms in total. The second-order valence-corrected chi connectivity index (χ2v) is 4.80. The highest BCUT2D eigenvalue weighted by atomic mass is 79.9. The zero-order chi connectivity index (χ0) is 11.4. The maximum atomic E-state index is 11.9. The molecule has 2 heteroatoms. The molecular weight excluding hydrogens is 252 g/mol. The van der Waals surface area contributed by atoms with Crippen LogP contribution in [-0.2, 0) is 0 Å². The van der Waals surface area contributed by atoms with Crippen LogP contribution in [0.1, 0.15) is 47.7 Å². The van der Waals surface area contributed by atoms with Crippen molar-refractivity contribution < 1.29 is 4.79 Å². The van der Waals surface area contributed by atoms with Crippen LogP contribution in [0.2, 0.25) is 0 Å². The molecule has 15 heavy (non-hydrogen) atoms. The minimum atomic E-state index is 0.268. The fourth-order valence-corrected chi connectivity index (χ4v) is 2.01. The van der Waals surface area contributed by atoms with Crippen LogP contribution < -0.4 is 0 Å². The van der Waals surface area contributed by atoms with Gasteiger partial charge in [-0.3, -0.25) is 4.79 Å². The Balaban J connectivity index is 2.94. The number of ketones is 1. The van der Waals surface area contributed by atoms with Gasteiger partial charge in [0.15, 0.2) is 5.78 Å². The molecule has 1 rings (SSSR count). The summed E-state index contributed by atoms with van der Waals surface area (Å²) in [5.41, 5.74) is 3.07. The normalized spacial score (nSPS) is 10.4. The Kier molecular flexibility index (Phi) is 4.52. The van der Waals surface area contributed by atoms with Crippen LogP contribution in [-0.4, -0.2) is 5.78 Å². The molecule has 0 N–H and O–H groups in total. The van der Waals surface area contributed by atoms with Crippen molar-refractivity contribution in [2.75, 3.05) is 0 Å². The van der Waals surface area contributed by atoms with E-state index < -0.39 is 0 Å². The average Bonchev–Trinajstić information content (AvgIpc) is 2.20. The Bertz CT molecular complexity index is 369. The Morgan fingerprint density at radius 3 is 2.53 bits per heavy atom. The SMILES string of the molecule is CCCCC(=O)c1cc(C)c(Br)cc1C. The second-order valence-electron chi connectivity index (χ2n) is 3.94. The summed E-state index contributed by atoms with van der Waals surface area (Å²) in [5.74, 6) is 0.268. The molecule has 0 aliphatic rings. The molecular formula is C13H17BrO. The highest BCUT2D eigenvalue weighted by Crippen LogP contribution is 2.22. The summed E-state index contributed by atoms with van der Waals surface area (Å²) in [6.45, 7) is 6.11. The molecule has 0 amide bonds. The van der Waals surface area contributed by atoms with Crippen LogP contribution in [0.25, 0.3) is 0 Å². The smallest absolute Gasteiger partial charge is 0.163 e. The third kappa shape index (κ3) is 3.16. The van der Waals surface area contributed by atoms with Gasteiger partial charge < -0.3 is 0 Å². The first kappa shape index (κ1) is 12.4. The van der Waals surface area contributed by atoms with E-state index in [-0.39, 0.29) is 5.78 Å². The van der Waals surface area contributed by atoms with Gasteiger partial charge in [0, 0.05) is 16.5 Å². The predicted molar refractivity (Wildman–Crippen MR) is 67.5 cm³/mol. The minimum absolute atomic E-state index is 0.268. The van der Waals surface area contributed by atoms with Gasteiger partial charge in [-0.2, -0.15) is 0 Å². The lowest BCUT2D eigenvalue weighted by atomic mass is 9.99. The zero-order valence-electron chi connectivity index (χ0n) is 9.56. The highest BCUT2D eigenvalue weighted by molar-refractivity contribution is 9.10. The molecule has 1 aromatic carbocycles. The van der Waals surface area contributed by atoms with Crippen molar-refractivity contribution in [2.45, 2.75) is 40.0 Å². The lowest BCUT2D eigenvalue weighted by Gasteiger charge is -2.07. The lowest BCUT2D eigenvalue weighted by molar-refractivity contribution is 0.0979. The topological polar surface area (TPSA) is 17.1 Å². The van der Waals surface area contributed by atoms with E-state index in [1.807, 2.05) is 26.0 Å². The number of Topliss-reactive ketones (excluding diaryl/α,β-unsaturated/α-hetero) is 1. The first-order valence-corrected chi connectivity index (χ1v) is 6.15. The molecule has 0 aliphatic heterocycles. The Morgan fingerprint density at radius 2 is 1.93 bits per heavy atom. The molecule has 0 spiro atoms. The third-order valence-corrected chi connectivity index (χ3v) is 3.42. The van der Waals surface area contributed by atoms with Crippen LogP contribution in [0, 0.1) is 13.8 Å². The zero-order valence-corrected chi connectivity index (χ0v) is 11.1. The van der Waals surface area contributed by atoms with E-state index in [1.165, 1.54) is 0 Å². The quantitative estimate of drug-likeness (QED) is 0.738. The number of carbonyl (C=O) groups excluding carboxylic acids is 1. The van der Waals surface area contributed by atoms with Crippen molar-refractivity contribution in [3.05, 3.63) is 33.3 Å². The standard InChI is InChI=1S/C13H17BrO/c1-4-5-6-13(15)11-7-10(3)12(14)8-9(11)2/h7-8H,4-6H2,1-3H3. The summed E-state index contributed by atoms with van der Waals surface area (Å²) >= 11 is 3.47. The van der Waals surface area contributed by atoms with Crippen molar-refractivity contribution in [1.29, 1.82) is 0 Å². The van der Waals surface area contributed by atoms with E-state index in [0.29, 0.717) is 6.42 Å². The molecule has 0 heterocycles. The maximum absolute atomic E-state index is 11.9. The molecule has 0 fully saturated rings. The summed E-state index contributed by atoms with van der Waals surface area (Å²) in [5, 5.41) is 0. The van der Waals surface area contributed by atoms with Crippen LogP contribution in [0.3, 0.4) is 0 Å². The molecule has 0 atom stereocenters. The Morgan fingerprint density at radius 1 is 1.27 bits per heavy atom. The van der Waals surface area contributed by atoms with Crippen LogP contribution >= 0.6 is 15.9 Å². The van der Waals surface area contributed by atoms with E-state index >= 15 is 0 Å². The second kappa shape index (κ2) is 5.45. The maximum Gasteiger partial charge on any atom is 0.163 e. The number of hydrogen-bond donors (Lipinski definition) is 0. The number of carbonyl (C=O) groups is 1. The number of hydrogen-bond acceptors (Lipinski definition) is 1. The lowest BCUT2D eigenvalue weighted by Crippen LogP contribution is -2.02. The van der Waals surface area contributed by atoms with Crippen LogP contribution in [0.4, 0.5) is 0 Å². The fraction of sp³-hybridized carbons (Fsp3) is 0.462. The van der Waals surface area contributed by atoms with E-state index in [9.17, 15) is 4.79 Å². The van der Waals surface area contributed by atoms with Crippen LogP contribution in [0.5, 0.6) is 0 Å². The molecule has 0 unspecified atom stereocenters. The van der Waals surface area contributed by atoms with Gasteiger partial charge in [0.05, 0.1) is 0 Å². The van der Waals surface area contributed by atoms with E-state index in [0.717, 1.165) is 34.0 Å². The van der Waals surface area contributed by atoms with Gasteiger partial charge in [-0.05, 0) is 43.5 Å². The van der Waals surface area contributed by atoms with Gasteiger partial charge in [-0.15, -0.1) is 0 Å². The Hall–Kier alpha value is -0.630. The van der Waals surface area contributed by atoms with Crippen molar-refractivity contribution in [2.24, 2.45) is 0 Å². The molecule has 0 saturated carbocycles. The fourth-order valence-electron chi connectivity index (χ4n) is 1.55.